The summed E-state index contributed by atoms with van der Waals surface area (Å²) in [6, 6.07) is 15.8. The molecule has 3 aromatic carbocycles. The summed E-state index contributed by atoms with van der Waals surface area (Å²) in [4.78, 5) is 0.174. The van der Waals surface area contributed by atoms with Crippen LogP contribution in [-0.4, -0.2) is 22.6 Å². The lowest BCUT2D eigenvalue weighted by molar-refractivity contribution is 0.353. The van der Waals surface area contributed by atoms with Crippen molar-refractivity contribution in [2.45, 2.75) is 23.3 Å². The van der Waals surface area contributed by atoms with Gasteiger partial charge in [0.2, 0.25) is 0 Å². The van der Waals surface area contributed by atoms with E-state index in [9.17, 15) is 8.42 Å². The van der Waals surface area contributed by atoms with E-state index < -0.39 is 10.0 Å². The van der Waals surface area contributed by atoms with Crippen molar-refractivity contribution >= 4 is 44.6 Å². The maximum atomic E-state index is 13.2. The van der Waals surface area contributed by atoms with Gasteiger partial charge in [-0.25, -0.2) is 8.42 Å². The molecule has 35 heavy (non-hydrogen) atoms. The predicted octanol–water partition coefficient (Wildman–Crippen LogP) is 6.64. The van der Waals surface area contributed by atoms with Crippen LogP contribution in [0.1, 0.15) is 29.5 Å². The van der Waals surface area contributed by atoms with Crippen molar-refractivity contribution in [3.63, 3.8) is 0 Å². The third kappa shape index (κ3) is 4.44. The Balaban J connectivity index is 1.48. The Hall–Kier alpha value is -2.87. The molecule has 0 spiro atoms. The summed E-state index contributed by atoms with van der Waals surface area (Å²) in [6.07, 6.45) is 5.20. The van der Waals surface area contributed by atoms with E-state index in [1.807, 2.05) is 24.3 Å². The molecule has 3 atom stereocenters. The molecule has 1 heterocycles. The van der Waals surface area contributed by atoms with E-state index in [1.54, 1.807) is 38.5 Å². The van der Waals surface area contributed by atoms with Crippen molar-refractivity contribution in [2.75, 3.05) is 24.3 Å². The number of sulfonamides is 1. The normalized spacial score (nSPS) is 20.5. The molecule has 5 rings (SSSR count). The average molecular weight is 531 g/mol. The Morgan fingerprint density at radius 2 is 1.77 bits per heavy atom. The van der Waals surface area contributed by atoms with Gasteiger partial charge >= 0.3 is 0 Å². The van der Waals surface area contributed by atoms with Crippen LogP contribution in [0.25, 0.3) is 0 Å². The van der Waals surface area contributed by atoms with Gasteiger partial charge in [0.25, 0.3) is 10.0 Å². The van der Waals surface area contributed by atoms with E-state index in [0.29, 0.717) is 16.5 Å². The molecule has 0 bridgehead atoms. The van der Waals surface area contributed by atoms with Gasteiger partial charge in [-0.15, -0.1) is 0 Å². The Kier molecular flexibility index (Phi) is 6.34. The second kappa shape index (κ2) is 9.30. The first-order chi connectivity index (χ1) is 16.8. The van der Waals surface area contributed by atoms with Crippen molar-refractivity contribution < 1.29 is 17.9 Å². The van der Waals surface area contributed by atoms with Crippen LogP contribution in [0.15, 0.2) is 71.6 Å². The monoisotopic (exact) mass is 530 g/mol. The van der Waals surface area contributed by atoms with E-state index in [4.69, 9.17) is 32.7 Å². The van der Waals surface area contributed by atoms with Gasteiger partial charge < -0.3 is 14.8 Å². The molecule has 6 nitrogen and oxygen atoms in total. The first-order valence-electron chi connectivity index (χ1n) is 11.1. The molecular weight excluding hydrogens is 507 g/mol. The van der Waals surface area contributed by atoms with Gasteiger partial charge in [0.05, 0.1) is 35.9 Å². The molecule has 2 N–H and O–H groups in total. The van der Waals surface area contributed by atoms with Crippen LogP contribution in [0, 0.1) is 5.92 Å². The number of rotatable bonds is 6. The fraction of sp³-hybridized carbons (Fsp3) is 0.231. The van der Waals surface area contributed by atoms with Crippen LogP contribution < -0.4 is 19.5 Å². The van der Waals surface area contributed by atoms with Gasteiger partial charge in [-0.05, 0) is 72.0 Å². The minimum Gasteiger partial charge on any atom is -0.493 e. The number of methoxy groups -OCH3 is 2. The van der Waals surface area contributed by atoms with E-state index >= 15 is 0 Å². The summed E-state index contributed by atoms with van der Waals surface area (Å²) in [7, 11) is -0.614. The van der Waals surface area contributed by atoms with Crippen LogP contribution in [0.2, 0.25) is 10.0 Å². The summed E-state index contributed by atoms with van der Waals surface area (Å²) in [6.45, 7) is 0. The predicted molar refractivity (Wildman–Crippen MR) is 140 cm³/mol. The molecule has 182 valence electrons. The zero-order chi connectivity index (χ0) is 24.7. The lowest BCUT2D eigenvalue weighted by atomic mass is 9.77. The van der Waals surface area contributed by atoms with E-state index in [1.165, 1.54) is 6.07 Å². The number of ether oxygens (including phenoxy) is 2. The second-order valence-electron chi connectivity index (χ2n) is 8.57. The SMILES string of the molecule is COc1ccc([C@H]2Nc3ccc(S(=O)(=O)Nc4ccc(Cl)cc4Cl)cc3[C@H]3C=CC[C@H]32)cc1OC. The number of anilines is 2. The molecule has 0 radical (unpaired) electrons. The Labute approximate surface area is 214 Å². The highest BCUT2D eigenvalue weighted by Gasteiger charge is 2.38. The van der Waals surface area contributed by atoms with Gasteiger partial charge in [-0.1, -0.05) is 41.4 Å². The van der Waals surface area contributed by atoms with Crippen molar-refractivity contribution in [1.82, 2.24) is 0 Å². The molecule has 0 amide bonds. The number of hydrogen-bond donors (Lipinski definition) is 2. The number of allylic oxidation sites excluding steroid dienone is 2. The average Bonchev–Trinajstić information content (AvgIpc) is 3.35. The van der Waals surface area contributed by atoms with Gasteiger partial charge in [0.15, 0.2) is 11.5 Å². The van der Waals surface area contributed by atoms with Crippen LogP contribution in [-0.2, 0) is 10.0 Å². The van der Waals surface area contributed by atoms with Crippen LogP contribution in [0.3, 0.4) is 0 Å². The van der Waals surface area contributed by atoms with Crippen molar-refractivity contribution in [2.24, 2.45) is 5.92 Å². The van der Waals surface area contributed by atoms with Crippen molar-refractivity contribution in [1.29, 1.82) is 0 Å². The maximum Gasteiger partial charge on any atom is 0.261 e. The molecule has 1 aliphatic carbocycles. The zero-order valence-corrected chi connectivity index (χ0v) is 21.4. The Morgan fingerprint density at radius 1 is 0.971 bits per heavy atom. The quantitative estimate of drug-likeness (QED) is 0.349. The molecule has 9 heteroatoms. The van der Waals surface area contributed by atoms with Crippen molar-refractivity contribution in [3.8, 4) is 11.5 Å². The van der Waals surface area contributed by atoms with Crippen LogP contribution in [0.5, 0.6) is 11.5 Å². The fourth-order valence-corrected chi connectivity index (χ4v) is 6.52. The van der Waals surface area contributed by atoms with Gasteiger partial charge in [0.1, 0.15) is 0 Å². The van der Waals surface area contributed by atoms with Crippen LogP contribution in [0.4, 0.5) is 11.4 Å². The third-order valence-electron chi connectivity index (χ3n) is 6.59. The van der Waals surface area contributed by atoms with E-state index in [-0.39, 0.29) is 33.5 Å². The summed E-state index contributed by atoms with van der Waals surface area (Å²) < 4.78 is 39.8. The van der Waals surface area contributed by atoms with E-state index in [2.05, 4.69) is 22.2 Å². The first kappa shape index (κ1) is 23.9. The number of benzene rings is 3. The molecule has 0 unspecified atom stereocenters. The fourth-order valence-electron chi connectivity index (χ4n) is 4.89. The maximum absolute atomic E-state index is 13.2. The molecule has 0 fully saturated rings. The number of halogens is 2. The topological polar surface area (TPSA) is 76.7 Å². The highest BCUT2D eigenvalue weighted by Crippen LogP contribution is 2.51. The Morgan fingerprint density at radius 3 is 2.51 bits per heavy atom. The van der Waals surface area contributed by atoms with E-state index in [0.717, 1.165) is 23.2 Å². The highest BCUT2D eigenvalue weighted by molar-refractivity contribution is 7.92. The molecule has 0 saturated carbocycles. The minimum absolute atomic E-state index is 0.0377. The van der Waals surface area contributed by atoms with Gasteiger partial charge in [-0.3, -0.25) is 4.72 Å². The van der Waals surface area contributed by atoms with Gasteiger partial charge in [0, 0.05) is 16.6 Å². The molecule has 0 saturated heterocycles. The highest BCUT2D eigenvalue weighted by atomic mass is 35.5. The van der Waals surface area contributed by atoms with Crippen LogP contribution >= 0.6 is 23.2 Å². The minimum atomic E-state index is -3.85. The zero-order valence-electron chi connectivity index (χ0n) is 19.1. The summed E-state index contributed by atoms with van der Waals surface area (Å²) in [5.74, 6) is 1.67. The molecule has 0 aromatic heterocycles. The second-order valence-corrected chi connectivity index (χ2v) is 11.1. The molecule has 1 aliphatic heterocycles. The summed E-state index contributed by atoms with van der Waals surface area (Å²) in [5.41, 5.74) is 3.22. The number of nitrogens with one attached hydrogen (secondary N) is 2. The lowest BCUT2D eigenvalue weighted by Crippen LogP contribution is -2.29. The molecule has 2 aliphatic rings. The first-order valence-corrected chi connectivity index (χ1v) is 13.3. The standard InChI is InChI=1S/C26H24Cl2N2O4S/c1-33-24-11-6-15(12-25(24)34-2)26-19-5-3-4-18(19)20-14-17(8-10-22(20)29-26)35(31,32)30-23-9-7-16(27)13-21(23)28/h3-4,6-14,18-19,26,29-30H,5H2,1-2H3/t18-,19+,26+/m0/s1. The smallest absolute Gasteiger partial charge is 0.261 e. The number of hydrogen-bond acceptors (Lipinski definition) is 5. The Bertz CT molecular complexity index is 1420. The van der Waals surface area contributed by atoms with Crippen molar-refractivity contribution in [3.05, 3.63) is 87.9 Å². The largest absolute Gasteiger partial charge is 0.493 e. The summed E-state index contributed by atoms with van der Waals surface area (Å²) >= 11 is 12.1. The van der Waals surface area contributed by atoms with Gasteiger partial charge in [-0.2, -0.15) is 0 Å². The molecule has 3 aromatic rings. The summed E-state index contributed by atoms with van der Waals surface area (Å²) in [5, 5.41) is 4.29. The lowest BCUT2D eigenvalue weighted by Gasteiger charge is -2.38. The third-order valence-corrected chi connectivity index (χ3v) is 8.50. The number of fused-ring (bicyclic) bond motifs is 3. The molecular formula is C26H24Cl2N2O4S.